The Morgan fingerprint density at radius 1 is 1.25 bits per heavy atom. The van der Waals surface area contributed by atoms with Crippen LogP contribution < -0.4 is 15.4 Å². The molecule has 4 nitrogen and oxygen atoms in total. The van der Waals surface area contributed by atoms with Crippen LogP contribution in [0.4, 0.5) is 18.9 Å². The Labute approximate surface area is 114 Å². The van der Waals surface area contributed by atoms with Crippen LogP contribution in [0, 0.1) is 0 Å². The van der Waals surface area contributed by atoms with E-state index in [2.05, 4.69) is 15.4 Å². The van der Waals surface area contributed by atoms with Gasteiger partial charge in [-0.15, -0.1) is 13.2 Å². The van der Waals surface area contributed by atoms with Crippen LogP contribution in [0.5, 0.6) is 5.75 Å². The fourth-order valence-electron chi connectivity index (χ4n) is 2.09. The number of carbonyl (C=O) groups is 1. The molecule has 2 rings (SSSR count). The SMILES string of the molecule is O=C1CC(Nc2ccc(OC(F)(F)F)cc2)CCCN1. The standard InChI is InChI=1S/C13H15F3N2O2/c14-13(15,16)20-11-5-3-9(4-6-11)18-10-2-1-7-17-12(19)8-10/h3-6,10,18H,1-2,7-8H2,(H,17,19). The van der Waals surface area contributed by atoms with E-state index < -0.39 is 6.36 Å². The van der Waals surface area contributed by atoms with Gasteiger partial charge in [0.25, 0.3) is 0 Å². The summed E-state index contributed by atoms with van der Waals surface area (Å²) in [6.07, 6.45) is -2.62. The van der Waals surface area contributed by atoms with Gasteiger partial charge in [-0.05, 0) is 37.1 Å². The van der Waals surface area contributed by atoms with Gasteiger partial charge >= 0.3 is 6.36 Å². The number of carbonyl (C=O) groups excluding carboxylic acids is 1. The summed E-state index contributed by atoms with van der Waals surface area (Å²) in [7, 11) is 0. The van der Waals surface area contributed by atoms with Crippen molar-refractivity contribution in [2.24, 2.45) is 0 Å². The fourth-order valence-corrected chi connectivity index (χ4v) is 2.09. The molecule has 1 aliphatic heterocycles. The van der Waals surface area contributed by atoms with Gasteiger partial charge in [0.15, 0.2) is 0 Å². The highest BCUT2D eigenvalue weighted by Crippen LogP contribution is 2.24. The molecule has 1 saturated heterocycles. The van der Waals surface area contributed by atoms with Crippen LogP contribution in [0.1, 0.15) is 19.3 Å². The van der Waals surface area contributed by atoms with Crippen LogP contribution in [0.2, 0.25) is 0 Å². The minimum Gasteiger partial charge on any atom is -0.406 e. The van der Waals surface area contributed by atoms with E-state index in [-0.39, 0.29) is 17.7 Å². The van der Waals surface area contributed by atoms with E-state index in [0.29, 0.717) is 18.7 Å². The average Bonchev–Trinajstić information content (AvgIpc) is 2.54. The largest absolute Gasteiger partial charge is 0.573 e. The summed E-state index contributed by atoms with van der Waals surface area (Å²) in [4.78, 5) is 11.4. The molecule has 0 radical (unpaired) electrons. The minimum atomic E-state index is -4.69. The molecule has 110 valence electrons. The molecule has 0 bridgehead atoms. The van der Waals surface area contributed by atoms with Gasteiger partial charge in [0.2, 0.25) is 5.91 Å². The van der Waals surface area contributed by atoms with Crippen molar-refractivity contribution in [2.75, 3.05) is 11.9 Å². The monoisotopic (exact) mass is 288 g/mol. The number of ether oxygens (including phenoxy) is 1. The lowest BCUT2D eigenvalue weighted by atomic mass is 10.1. The summed E-state index contributed by atoms with van der Waals surface area (Å²) in [6.45, 7) is 0.662. The number of rotatable bonds is 3. The number of hydrogen-bond donors (Lipinski definition) is 2. The molecule has 0 spiro atoms. The molecule has 7 heteroatoms. The molecule has 0 saturated carbocycles. The van der Waals surface area contributed by atoms with Crippen molar-refractivity contribution in [3.8, 4) is 5.75 Å². The Bertz CT molecular complexity index is 460. The summed E-state index contributed by atoms with van der Waals surface area (Å²) in [5.74, 6) is -0.279. The molecule has 1 aromatic rings. The van der Waals surface area contributed by atoms with Crippen molar-refractivity contribution in [2.45, 2.75) is 31.7 Å². The minimum absolute atomic E-state index is 0.00751. The second kappa shape index (κ2) is 6.02. The number of alkyl halides is 3. The Morgan fingerprint density at radius 3 is 2.60 bits per heavy atom. The van der Waals surface area contributed by atoms with Crippen LogP contribution in [0.3, 0.4) is 0 Å². The molecule has 1 heterocycles. The Morgan fingerprint density at radius 2 is 1.95 bits per heavy atom. The van der Waals surface area contributed by atoms with Crippen LogP contribution in [0.25, 0.3) is 0 Å². The van der Waals surface area contributed by atoms with E-state index in [1.54, 1.807) is 0 Å². The molecular formula is C13H15F3N2O2. The normalized spacial score (nSPS) is 19.9. The van der Waals surface area contributed by atoms with Crippen LogP contribution >= 0.6 is 0 Å². The van der Waals surface area contributed by atoms with Gasteiger partial charge in [0, 0.05) is 24.7 Å². The van der Waals surface area contributed by atoms with Gasteiger partial charge < -0.3 is 15.4 Å². The number of amides is 1. The van der Waals surface area contributed by atoms with Crippen LogP contribution in [0.15, 0.2) is 24.3 Å². The molecule has 2 N–H and O–H groups in total. The van der Waals surface area contributed by atoms with E-state index in [9.17, 15) is 18.0 Å². The third kappa shape index (κ3) is 4.64. The van der Waals surface area contributed by atoms with E-state index in [1.807, 2.05) is 0 Å². The lowest BCUT2D eigenvalue weighted by Gasteiger charge is -2.17. The first-order valence-corrected chi connectivity index (χ1v) is 6.31. The molecular weight excluding hydrogens is 273 g/mol. The first kappa shape index (κ1) is 14.5. The van der Waals surface area contributed by atoms with Gasteiger partial charge in [-0.25, -0.2) is 0 Å². The predicted molar refractivity (Wildman–Crippen MR) is 67.4 cm³/mol. The van der Waals surface area contributed by atoms with Crippen molar-refractivity contribution in [1.82, 2.24) is 5.32 Å². The highest BCUT2D eigenvalue weighted by molar-refractivity contribution is 5.77. The van der Waals surface area contributed by atoms with E-state index in [1.165, 1.54) is 24.3 Å². The van der Waals surface area contributed by atoms with Gasteiger partial charge in [-0.3, -0.25) is 4.79 Å². The number of nitrogens with one attached hydrogen (secondary N) is 2. The van der Waals surface area contributed by atoms with E-state index in [0.717, 1.165) is 12.8 Å². The van der Waals surface area contributed by atoms with Gasteiger partial charge in [-0.2, -0.15) is 0 Å². The number of anilines is 1. The highest BCUT2D eigenvalue weighted by Gasteiger charge is 2.31. The Kier molecular flexibility index (Phi) is 4.36. The molecule has 1 fully saturated rings. The number of hydrogen-bond acceptors (Lipinski definition) is 3. The van der Waals surface area contributed by atoms with Gasteiger partial charge in [-0.1, -0.05) is 0 Å². The first-order valence-electron chi connectivity index (χ1n) is 6.31. The predicted octanol–water partition coefficient (Wildman–Crippen LogP) is 2.67. The number of halogens is 3. The molecule has 1 aromatic carbocycles. The zero-order chi connectivity index (χ0) is 14.6. The third-order valence-corrected chi connectivity index (χ3v) is 2.94. The smallest absolute Gasteiger partial charge is 0.406 e. The third-order valence-electron chi connectivity index (χ3n) is 2.94. The van der Waals surface area contributed by atoms with Crippen LogP contribution in [-0.2, 0) is 4.79 Å². The van der Waals surface area contributed by atoms with Crippen molar-refractivity contribution in [1.29, 1.82) is 0 Å². The fraction of sp³-hybridized carbons (Fsp3) is 0.462. The summed E-state index contributed by atoms with van der Waals surface area (Å²) in [6, 6.07) is 5.49. The van der Waals surface area contributed by atoms with Crippen molar-refractivity contribution < 1.29 is 22.7 Å². The molecule has 0 aliphatic carbocycles. The maximum absolute atomic E-state index is 12.0. The van der Waals surface area contributed by atoms with E-state index >= 15 is 0 Å². The average molecular weight is 288 g/mol. The summed E-state index contributed by atoms with van der Waals surface area (Å²) < 4.78 is 39.9. The van der Waals surface area contributed by atoms with Gasteiger partial charge in [0.05, 0.1) is 0 Å². The molecule has 1 amide bonds. The zero-order valence-corrected chi connectivity index (χ0v) is 10.7. The lowest BCUT2D eigenvalue weighted by Crippen LogP contribution is -2.26. The highest BCUT2D eigenvalue weighted by atomic mass is 19.4. The maximum Gasteiger partial charge on any atom is 0.573 e. The topological polar surface area (TPSA) is 50.4 Å². The lowest BCUT2D eigenvalue weighted by molar-refractivity contribution is -0.274. The quantitative estimate of drug-likeness (QED) is 0.899. The van der Waals surface area contributed by atoms with Gasteiger partial charge in [0.1, 0.15) is 5.75 Å². The first-order chi connectivity index (χ1) is 9.42. The van der Waals surface area contributed by atoms with Crippen molar-refractivity contribution in [3.63, 3.8) is 0 Å². The van der Waals surface area contributed by atoms with Crippen molar-refractivity contribution in [3.05, 3.63) is 24.3 Å². The molecule has 1 unspecified atom stereocenters. The molecule has 20 heavy (non-hydrogen) atoms. The summed E-state index contributed by atoms with van der Waals surface area (Å²) >= 11 is 0. The molecule has 0 aromatic heterocycles. The van der Waals surface area contributed by atoms with Crippen LogP contribution in [-0.4, -0.2) is 24.9 Å². The van der Waals surface area contributed by atoms with Crippen molar-refractivity contribution >= 4 is 11.6 Å². The Balaban J connectivity index is 1.94. The zero-order valence-electron chi connectivity index (χ0n) is 10.7. The van der Waals surface area contributed by atoms with E-state index in [4.69, 9.17) is 0 Å². The molecule has 1 atom stereocenters. The second-order valence-electron chi connectivity index (χ2n) is 4.61. The summed E-state index contributed by atoms with van der Waals surface area (Å²) in [5.41, 5.74) is 0.666. The second-order valence-corrected chi connectivity index (χ2v) is 4.61. The molecule has 1 aliphatic rings. The number of benzene rings is 1. The summed E-state index contributed by atoms with van der Waals surface area (Å²) in [5, 5.41) is 5.91. The maximum atomic E-state index is 12.0. The Hall–Kier alpha value is -1.92.